The maximum Gasteiger partial charge on any atom is 0.329 e. The Morgan fingerprint density at radius 3 is 2.54 bits per heavy atom. The summed E-state index contributed by atoms with van der Waals surface area (Å²) in [6.07, 6.45) is 1.39. The SMILES string of the molecule is COc1cc(/C=N/NC(=O)C(=O)Nc2cc(C)ccc2C)cc(Br)c1OCc1ccc(Cl)cc1Cl. The number of rotatable bonds is 7. The van der Waals surface area contributed by atoms with Gasteiger partial charge in [0.15, 0.2) is 11.5 Å². The molecule has 0 radical (unpaired) electrons. The van der Waals surface area contributed by atoms with Gasteiger partial charge in [-0.2, -0.15) is 5.10 Å². The summed E-state index contributed by atoms with van der Waals surface area (Å²) in [6, 6.07) is 14.1. The number of benzene rings is 3. The summed E-state index contributed by atoms with van der Waals surface area (Å²) in [4.78, 5) is 24.3. The number of hydrogen-bond donors (Lipinski definition) is 2. The van der Waals surface area contributed by atoms with Crippen LogP contribution >= 0.6 is 39.1 Å². The summed E-state index contributed by atoms with van der Waals surface area (Å²) < 4.78 is 11.9. The van der Waals surface area contributed by atoms with E-state index in [0.717, 1.165) is 16.7 Å². The highest BCUT2D eigenvalue weighted by Crippen LogP contribution is 2.37. The van der Waals surface area contributed by atoms with Crippen molar-refractivity contribution in [2.45, 2.75) is 20.5 Å². The number of methoxy groups -OCH3 is 1. The molecule has 0 aliphatic rings. The molecule has 0 aromatic heterocycles. The zero-order valence-electron chi connectivity index (χ0n) is 19.1. The fraction of sp³-hybridized carbons (Fsp3) is 0.160. The van der Waals surface area contributed by atoms with Crippen LogP contribution in [-0.4, -0.2) is 25.1 Å². The largest absolute Gasteiger partial charge is 0.493 e. The van der Waals surface area contributed by atoms with Gasteiger partial charge in [0.2, 0.25) is 0 Å². The van der Waals surface area contributed by atoms with Crippen LogP contribution in [0.4, 0.5) is 5.69 Å². The Labute approximate surface area is 221 Å². The average Bonchev–Trinajstić information content (AvgIpc) is 2.81. The Morgan fingerprint density at radius 2 is 1.83 bits per heavy atom. The van der Waals surface area contributed by atoms with Crippen LogP contribution < -0.4 is 20.2 Å². The van der Waals surface area contributed by atoms with Crippen molar-refractivity contribution >= 4 is 62.8 Å². The van der Waals surface area contributed by atoms with Crippen molar-refractivity contribution in [3.05, 3.63) is 85.3 Å². The first-order valence-electron chi connectivity index (χ1n) is 10.3. The van der Waals surface area contributed by atoms with Crippen LogP contribution in [0, 0.1) is 13.8 Å². The molecule has 0 unspecified atom stereocenters. The summed E-state index contributed by atoms with van der Waals surface area (Å²) in [5.41, 5.74) is 5.96. The van der Waals surface area contributed by atoms with Gasteiger partial charge in [-0.05, 0) is 76.8 Å². The Kier molecular flexibility index (Phi) is 9.14. The predicted octanol–water partition coefficient (Wildman–Crippen LogP) is 6.05. The van der Waals surface area contributed by atoms with E-state index in [9.17, 15) is 9.59 Å². The molecular weight excluding hydrogens is 557 g/mol. The van der Waals surface area contributed by atoms with E-state index < -0.39 is 11.8 Å². The van der Waals surface area contributed by atoms with Gasteiger partial charge in [0.1, 0.15) is 6.61 Å². The van der Waals surface area contributed by atoms with Crippen LogP contribution in [0.5, 0.6) is 11.5 Å². The number of nitrogens with zero attached hydrogens (tertiary/aromatic N) is 1. The lowest BCUT2D eigenvalue weighted by atomic mass is 10.1. The van der Waals surface area contributed by atoms with Gasteiger partial charge in [-0.15, -0.1) is 0 Å². The second-order valence-corrected chi connectivity index (χ2v) is 9.23. The van der Waals surface area contributed by atoms with Gasteiger partial charge in [0, 0.05) is 21.3 Å². The van der Waals surface area contributed by atoms with Crippen molar-refractivity contribution in [2.75, 3.05) is 12.4 Å². The lowest BCUT2D eigenvalue weighted by Crippen LogP contribution is -2.32. The molecule has 7 nitrogen and oxygen atoms in total. The summed E-state index contributed by atoms with van der Waals surface area (Å²) in [5, 5.41) is 7.49. The van der Waals surface area contributed by atoms with E-state index in [1.165, 1.54) is 13.3 Å². The van der Waals surface area contributed by atoms with E-state index >= 15 is 0 Å². The molecule has 0 aliphatic carbocycles. The molecular formula is C25H22BrCl2N3O4. The van der Waals surface area contributed by atoms with Gasteiger partial charge in [-0.3, -0.25) is 9.59 Å². The van der Waals surface area contributed by atoms with Crippen LogP contribution in [0.25, 0.3) is 0 Å². The predicted molar refractivity (Wildman–Crippen MR) is 142 cm³/mol. The molecule has 2 amide bonds. The molecule has 3 aromatic carbocycles. The number of amides is 2. The van der Waals surface area contributed by atoms with E-state index in [1.807, 2.05) is 26.0 Å². The quantitative estimate of drug-likeness (QED) is 0.203. The minimum atomic E-state index is -0.895. The highest BCUT2D eigenvalue weighted by molar-refractivity contribution is 9.10. The minimum Gasteiger partial charge on any atom is -0.493 e. The van der Waals surface area contributed by atoms with Gasteiger partial charge in [-0.1, -0.05) is 41.4 Å². The number of hydrazone groups is 1. The summed E-state index contributed by atoms with van der Waals surface area (Å²) in [7, 11) is 1.50. The molecule has 0 atom stereocenters. The maximum atomic E-state index is 12.2. The Morgan fingerprint density at radius 1 is 1.06 bits per heavy atom. The molecule has 10 heteroatoms. The summed E-state index contributed by atoms with van der Waals surface area (Å²) in [6.45, 7) is 3.94. The fourth-order valence-corrected chi connectivity index (χ4v) is 4.05. The molecule has 0 bridgehead atoms. The molecule has 3 rings (SSSR count). The Balaban J connectivity index is 1.65. The van der Waals surface area contributed by atoms with Crippen molar-refractivity contribution in [1.82, 2.24) is 5.43 Å². The monoisotopic (exact) mass is 577 g/mol. The number of halogens is 3. The third kappa shape index (κ3) is 7.21. The first-order chi connectivity index (χ1) is 16.7. The van der Waals surface area contributed by atoms with Gasteiger partial charge in [0.25, 0.3) is 0 Å². The van der Waals surface area contributed by atoms with Crippen molar-refractivity contribution < 1.29 is 19.1 Å². The van der Waals surface area contributed by atoms with Crippen LogP contribution in [0.3, 0.4) is 0 Å². The van der Waals surface area contributed by atoms with Gasteiger partial charge < -0.3 is 14.8 Å². The molecule has 0 fully saturated rings. The van der Waals surface area contributed by atoms with E-state index in [0.29, 0.717) is 37.3 Å². The van der Waals surface area contributed by atoms with Crippen LogP contribution in [-0.2, 0) is 16.2 Å². The zero-order chi connectivity index (χ0) is 25.5. The van der Waals surface area contributed by atoms with E-state index in [1.54, 1.807) is 36.4 Å². The van der Waals surface area contributed by atoms with Gasteiger partial charge in [-0.25, -0.2) is 5.43 Å². The maximum absolute atomic E-state index is 12.2. The van der Waals surface area contributed by atoms with Crippen molar-refractivity contribution in [3.8, 4) is 11.5 Å². The molecule has 2 N–H and O–H groups in total. The molecule has 0 heterocycles. The third-order valence-electron chi connectivity index (χ3n) is 4.87. The van der Waals surface area contributed by atoms with E-state index in [-0.39, 0.29) is 6.61 Å². The lowest BCUT2D eigenvalue weighted by molar-refractivity contribution is -0.136. The molecule has 0 saturated heterocycles. The standard InChI is InChI=1S/C25H22BrCl2N3O4/c1-14-4-5-15(2)21(8-14)30-24(32)25(33)31-29-12-16-9-19(26)23(22(10-16)34-3)35-13-17-6-7-18(27)11-20(17)28/h4-12H,13H2,1-3H3,(H,30,32)(H,31,33)/b29-12+. The van der Waals surface area contributed by atoms with Crippen molar-refractivity contribution in [3.63, 3.8) is 0 Å². The van der Waals surface area contributed by atoms with E-state index in [4.69, 9.17) is 32.7 Å². The second-order valence-electron chi connectivity index (χ2n) is 7.53. The fourth-order valence-electron chi connectivity index (χ4n) is 3.01. The third-order valence-corrected chi connectivity index (χ3v) is 6.04. The average molecular weight is 579 g/mol. The first-order valence-corrected chi connectivity index (χ1v) is 11.9. The van der Waals surface area contributed by atoms with E-state index in [2.05, 4.69) is 31.8 Å². The van der Waals surface area contributed by atoms with Crippen LogP contribution in [0.1, 0.15) is 22.3 Å². The smallest absolute Gasteiger partial charge is 0.329 e. The number of hydrogen-bond acceptors (Lipinski definition) is 5. The number of carbonyl (C=O) groups is 2. The van der Waals surface area contributed by atoms with Gasteiger partial charge >= 0.3 is 11.8 Å². The number of anilines is 1. The van der Waals surface area contributed by atoms with Gasteiger partial charge in [0.05, 0.1) is 17.8 Å². The highest BCUT2D eigenvalue weighted by atomic mass is 79.9. The topological polar surface area (TPSA) is 89.0 Å². The number of carbonyl (C=O) groups excluding carboxylic acids is 2. The molecule has 182 valence electrons. The Hall–Kier alpha value is -3.07. The van der Waals surface area contributed by atoms with Crippen molar-refractivity contribution in [2.24, 2.45) is 5.10 Å². The van der Waals surface area contributed by atoms with Crippen molar-refractivity contribution in [1.29, 1.82) is 0 Å². The summed E-state index contributed by atoms with van der Waals surface area (Å²) >= 11 is 15.6. The molecule has 3 aromatic rings. The minimum absolute atomic E-state index is 0.198. The first kappa shape index (κ1) is 26.5. The highest BCUT2D eigenvalue weighted by Gasteiger charge is 2.15. The normalized spacial score (nSPS) is 10.8. The van der Waals surface area contributed by atoms with Crippen LogP contribution in [0.15, 0.2) is 58.1 Å². The number of aryl methyl sites for hydroxylation is 2. The molecule has 0 aliphatic heterocycles. The molecule has 0 saturated carbocycles. The molecule has 35 heavy (non-hydrogen) atoms. The Bertz CT molecular complexity index is 1300. The number of nitrogens with one attached hydrogen (secondary N) is 2. The lowest BCUT2D eigenvalue weighted by Gasteiger charge is -2.14. The zero-order valence-corrected chi connectivity index (χ0v) is 22.2. The van der Waals surface area contributed by atoms with Crippen LogP contribution in [0.2, 0.25) is 10.0 Å². The molecule has 0 spiro atoms. The summed E-state index contributed by atoms with van der Waals surface area (Å²) in [5.74, 6) is -0.815. The second kappa shape index (κ2) is 12.1. The number of ether oxygens (including phenoxy) is 2.